The molecule has 9 rings (SSSR count). The largest absolute Gasteiger partial charge is 0.459 e. The zero-order chi connectivity index (χ0) is 44.1. The Morgan fingerprint density at radius 3 is 2.46 bits per heavy atom. The molecule has 15 nitrogen and oxygen atoms in total. The first-order valence-corrected chi connectivity index (χ1v) is 25.6. The lowest BCUT2D eigenvalue weighted by Crippen LogP contribution is -2.58. The molecule has 0 spiro atoms. The van der Waals surface area contributed by atoms with Gasteiger partial charge in [0.05, 0.1) is 22.5 Å². The number of amides is 4. The van der Waals surface area contributed by atoms with Gasteiger partial charge in [-0.1, -0.05) is 43.9 Å². The van der Waals surface area contributed by atoms with Gasteiger partial charge in [0.2, 0.25) is 21.8 Å². The van der Waals surface area contributed by atoms with Gasteiger partial charge in [0.15, 0.2) is 0 Å². The van der Waals surface area contributed by atoms with E-state index in [9.17, 15) is 27.6 Å². The Labute approximate surface area is 373 Å². The van der Waals surface area contributed by atoms with E-state index in [4.69, 9.17) is 19.4 Å². The van der Waals surface area contributed by atoms with Crippen LogP contribution in [-0.2, 0) is 29.1 Å². The zero-order valence-electron chi connectivity index (χ0n) is 36.6. The van der Waals surface area contributed by atoms with Crippen molar-refractivity contribution in [2.45, 2.75) is 176 Å². The van der Waals surface area contributed by atoms with E-state index >= 15 is 0 Å². The number of fused-ring (bicyclic) bond motifs is 3. The summed E-state index contributed by atoms with van der Waals surface area (Å²) in [7, 11) is -4.00. The molecular weight excluding hydrogens is 843 g/mol. The molecule has 1 saturated heterocycles. The van der Waals surface area contributed by atoms with E-state index < -0.39 is 68.2 Å². The molecule has 0 bridgehead atoms. The van der Waals surface area contributed by atoms with E-state index in [0.29, 0.717) is 44.0 Å². The number of hydrogen-bond acceptors (Lipinski definition) is 11. The number of alkyl carbamates (subject to hydrolysis) is 1. The molecule has 17 heteroatoms. The molecule has 4 aliphatic carbocycles. The summed E-state index contributed by atoms with van der Waals surface area (Å²) < 4.78 is 42.4. The third-order valence-corrected chi connectivity index (χ3v) is 17.4. The quantitative estimate of drug-likeness (QED) is 0.176. The maximum Gasteiger partial charge on any atom is 0.408 e. The summed E-state index contributed by atoms with van der Waals surface area (Å²) in [6.07, 6.45) is 15.0. The number of benzene rings is 1. The Balaban J connectivity index is 1.02. The lowest BCUT2D eigenvalue weighted by Gasteiger charge is -2.30. The van der Waals surface area contributed by atoms with Crippen molar-refractivity contribution in [2.24, 2.45) is 5.92 Å². The van der Waals surface area contributed by atoms with Crippen LogP contribution in [0.15, 0.2) is 35.7 Å². The minimum absolute atomic E-state index is 0.00736. The van der Waals surface area contributed by atoms with Gasteiger partial charge in [-0.15, -0.1) is 11.3 Å². The van der Waals surface area contributed by atoms with Crippen LogP contribution in [0.2, 0.25) is 0 Å². The summed E-state index contributed by atoms with van der Waals surface area (Å²) in [5.74, 6) is -1.78. The van der Waals surface area contributed by atoms with Gasteiger partial charge >= 0.3 is 6.09 Å². The van der Waals surface area contributed by atoms with Crippen molar-refractivity contribution in [3.05, 3.63) is 41.4 Å². The maximum atomic E-state index is 14.8. The summed E-state index contributed by atoms with van der Waals surface area (Å²) in [6.45, 7) is 5.71. The summed E-state index contributed by atoms with van der Waals surface area (Å²) in [5, 5.41) is 8.88. The van der Waals surface area contributed by atoms with Crippen LogP contribution in [0.25, 0.3) is 21.6 Å². The van der Waals surface area contributed by atoms with Crippen LogP contribution in [0.1, 0.15) is 148 Å². The van der Waals surface area contributed by atoms with E-state index in [2.05, 4.69) is 20.7 Å². The van der Waals surface area contributed by atoms with Gasteiger partial charge in [-0.25, -0.2) is 18.2 Å². The fourth-order valence-electron chi connectivity index (χ4n) is 10.1. The predicted octanol–water partition coefficient (Wildman–Crippen LogP) is 7.18. The Morgan fingerprint density at radius 2 is 1.71 bits per heavy atom. The van der Waals surface area contributed by atoms with E-state index in [1.807, 2.05) is 48.8 Å². The maximum absolute atomic E-state index is 14.8. The fourth-order valence-corrected chi connectivity index (χ4v) is 12.3. The van der Waals surface area contributed by atoms with Crippen molar-refractivity contribution in [2.75, 3.05) is 6.54 Å². The predicted molar refractivity (Wildman–Crippen MR) is 239 cm³/mol. The molecule has 2 aliphatic heterocycles. The molecule has 63 heavy (non-hydrogen) atoms. The van der Waals surface area contributed by atoms with Crippen molar-refractivity contribution in [3.63, 3.8) is 0 Å². The average Bonchev–Trinajstić information content (AvgIpc) is 3.72. The number of hydrogen-bond donors (Lipinski definition) is 3. The summed E-state index contributed by atoms with van der Waals surface area (Å²) in [5.41, 5.74) is 2.14. The first-order chi connectivity index (χ1) is 30.2. The van der Waals surface area contributed by atoms with Crippen LogP contribution >= 0.6 is 11.3 Å². The van der Waals surface area contributed by atoms with Crippen LogP contribution in [-0.4, -0.2) is 92.8 Å². The van der Waals surface area contributed by atoms with Crippen molar-refractivity contribution < 1.29 is 37.1 Å². The molecule has 340 valence electrons. The first-order valence-electron chi connectivity index (χ1n) is 23.2. The summed E-state index contributed by atoms with van der Waals surface area (Å²) in [6, 6.07) is 4.25. The van der Waals surface area contributed by atoms with E-state index in [1.165, 1.54) is 17.7 Å². The van der Waals surface area contributed by atoms with Gasteiger partial charge in [0, 0.05) is 35.2 Å². The van der Waals surface area contributed by atoms with Crippen LogP contribution in [0.5, 0.6) is 6.01 Å². The number of allylic oxidation sites excluding steroid dienone is 1. The number of thiazole rings is 1. The van der Waals surface area contributed by atoms with Crippen LogP contribution in [0.3, 0.4) is 0 Å². The Bertz CT molecular complexity index is 2380. The highest BCUT2D eigenvalue weighted by Gasteiger charge is 2.63. The third-order valence-electron chi connectivity index (χ3n) is 14.3. The first kappa shape index (κ1) is 43.7. The van der Waals surface area contributed by atoms with Crippen molar-refractivity contribution in [1.29, 1.82) is 0 Å². The van der Waals surface area contributed by atoms with Crippen LogP contribution in [0, 0.1) is 5.92 Å². The summed E-state index contributed by atoms with van der Waals surface area (Å²) >= 11 is 1.62. The molecular formula is C46H61N7O8S2. The van der Waals surface area contributed by atoms with E-state index in [0.717, 1.165) is 78.7 Å². The van der Waals surface area contributed by atoms with Crippen LogP contribution in [0.4, 0.5) is 4.79 Å². The number of ether oxygens (including phenoxy) is 2. The number of nitrogens with zero attached hydrogens (tertiary/aromatic N) is 4. The van der Waals surface area contributed by atoms with Crippen molar-refractivity contribution in [1.82, 2.24) is 34.8 Å². The molecule has 1 aromatic carbocycles. The average molecular weight is 904 g/mol. The lowest BCUT2D eigenvalue weighted by molar-refractivity contribution is -0.141. The monoisotopic (exact) mass is 903 g/mol. The van der Waals surface area contributed by atoms with Gasteiger partial charge in [0.1, 0.15) is 40.4 Å². The third kappa shape index (κ3) is 8.84. The number of imidazole rings is 1. The number of nitrogens with one attached hydrogen (secondary N) is 3. The molecule has 5 fully saturated rings. The number of carbonyl (C=O) groups is 4. The number of aromatic nitrogens is 3. The smallest absolute Gasteiger partial charge is 0.408 e. The Kier molecular flexibility index (Phi) is 12.1. The van der Waals surface area contributed by atoms with Crippen molar-refractivity contribution in [3.8, 4) is 16.6 Å². The molecule has 3 aromatic rings. The second-order valence-electron chi connectivity index (χ2n) is 19.3. The molecule has 0 unspecified atom stereocenters. The second-order valence-corrected chi connectivity index (χ2v) is 22.4. The van der Waals surface area contributed by atoms with Crippen LogP contribution < -0.4 is 20.1 Å². The Morgan fingerprint density at radius 1 is 0.968 bits per heavy atom. The Hall–Kier alpha value is -4.51. The van der Waals surface area contributed by atoms with Crippen molar-refractivity contribution >= 4 is 56.2 Å². The lowest BCUT2D eigenvalue weighted by atomic mass is 10.0. The molecule has 6 aliphatic rings. The fraction of sp³-hybridized carbons (Fsp3) is 0.652. The number of carbonyl (C=O) groups excluding carboxylic acids is 4. The van der Waals surface area contributed by atoms with Gasteiger partial charge in [-0.05, 0) is 110 Å². The topological polar surface area (TPSA) is 191 Å². The standard InChI is InChI=1S/C46H61N7O8S2/c1-28(2)53-36-21-13-19-33(40-47-35(27-62-40)29-14-9-10-15-29)38(36)49-43(53)60-32-24-37-39(54)50-46(42(56)51-63(58,59)45(3)22-23-45)25-30(46)16-7-5-4-6-8-20-34(41(55)52(37)26-32)48-44(57)61-31-17-11-12-18-31/h7,13,16,19,21,27-32,34,37H,4-6,8-12,14-15,17-18,20,22-26H2,1-3H3,(H,48,57)(H,50,54)(H,51,56)/b16-7-/t30-,32-,34+,37+,46-/m1/s1. The molecule has 5 atom stereocenters. The minimum atomic E-state index is -4.00. The highest BCUT2D eigenvalue weighted by atomic mass is 32.2. The summed E-state index contributed by atoms with van der Waals surface area (Å²) in [4.78, 5) is 68.5. The minimum Gasteiger partial charge on any atom is -0.459 e. The van der Waals surface area contributed by atoms with Gasteiger partial charge < -0.3 is 25.0 Å². The normalized spacial score (nSPS) is 28.5. The van der Waals surface area contributed by atoms with E-state index in [-0.39, 0.29) is 31.5 Å². The molecule has 4 amide bonds. The molecule has 0 radical (unpaired) electrons. The highest BCUT2D eigenvalue weighted by molar-refractivity contribution is 7.91. The molecule has 3 N–H and O–H groups in total. The van der Waals surface area contributed by atoms with Gasteiger partial charge in [-0.3, -0.25) is 23.7 Å². The molecule has 2 aromatic heterocycles. The van der Waals surface area contributed by atoms with Gasteiger partial charge in [0.25, 0.3) is 11.9 Å². The molecule has 4 saturated carbocycles. The SMILES string of the molecule is CC(C)n1c(O[C@@H]2C[C@H]3C(=O)N[C@]4(C(=O)NS(=O)(=O)C5(C)CC5)C[C@H]4/C=C\CCCCC[C@H](NC(=O)OC4CCCC4)C(=O)N3C2)nc2c(-c3nc(C4CCCC4)cs3)cccc21. The highest BCUT2D eigenvalue weighted by Crippen LogP contribution is 2.48. The second kappa shape index (κ2) is 17.5. The zero-order valence-corrected chi connectivity index (χ0v) is 38.2. The number of sulfonamides is 1. The van der Waals surface area contributed by atoms with E-state index in [1.54, 1.807) is 18.3 Å². The number of rotatable bonds is 10. The van der Waals surface area contributed by atoms with Gasteiger partial charge in [-0.2, -0.15) is 4.98 Å². The molecule has 4 heterocycles. The number of para-hydroxylation sites is 1.